The molecule has 1 saturated carbocycles. The van der Waals surface area contributed by atoms with Gasteiger partial charge in [-0.3, -0.25) is 4.79 Å². The maximum Gasteiger partial charge on any atom is 0.340 e. The Morgan fingerprint density at radius 2 is 2.03 bits per heavy atom. The number of esters is 1. The van der Waals surface area contributed by atoms with Gasteiger partial charge in [0, 0.05) is 17.8 Å². The van der Waals surface area contributed by atoms with Gasteiger partial charge in [-0.1, -0.05) is 49.0 Å². The zero-order valence-electron chi connectivity index (χ0n) is 17.6. The van der Waals surface area contributed by atoms with Crippen LogP contribution in [0.15, 0.2) is 41.6 Å². The summed E-state index contributed by atoms with van der Waals surface area (Å²) in [5.74, 6) is 1.33. The van der Waals surface area contributed by atoms with Gasteiger partial charge in [0.25, 0.3) is 0 Å². The Hall–Kier alpha value is -2.65. The van der Waals surface area contributed by atoms with Crippen molar-refractivity contribution >= 4 is 40.0 Å². The van der Waals surface area contributed by atoms with Crippen molar-refractivity contribution in [1.82, 2.24) is 14.8 Å². The SMILES string of the molecule is CCc1cc(C(=O)OC)c(NC(=O)CSc2nnc(C3CC3c3ccccc3)n2C)s1. The summed E-state index contributed by atoms with van der Waals surface area (Å²) in [5.41, 5.74) is 1.72. The molecule has 2 heterocycles. The summed E-state index contributed by atoms with van der Waals surface area (Å²) in [6, 6.07) is 12.2. The Kier molecular flexibility index (Phi) is 6.43. The van der Waals surface area contributed by atoms with Crippen molar-refractivity contribution < 1.29 is 14.3 Å². The first-order valence-electron chi connectivity index (χ1n) is 10.1. The predicted molar refractivity (Wildman–Crippen MR) is 122 cm³/mol. The Balaban J connectivity index is 1.37. The highest BCUT2D eigenvalue weighted by Crippen LogP contribution is 2.54. The number of nitrogens with zero attached hydrogens (tertiary/aromatic N) is 3. The van der Waals surface area contributed by atoms with Crippen molar-refractivity contribution in [3.05, 3.63) is 58.2 Å². The van der Waals surface area contributed by atoms with Crippen molar-refractivity contribution in [3.63, 3.8) is 0 Å². The van der Waals surface area contributed by atoms with Crippen molar-refractivity contribution in [3.8, 4) is 0 Å². The van der Waals surface area contributed by atoms with E-state index >= 15 is 0 Å². The molecule has 0 radical (unpaired) electrons. The number of thioether (sulfide) groups is 1. The lowest BCUT2D eigenvalue weighted by molar-refractivity contribution is -0.113. The smallest absolute Gasteiger partial charge is 0.340 e. The molecule has 0 aliphatic heterocycles. The maximum atomic E-state index is 12.5. The molecule has 3 aromatic rings. The largest absolute Gasteiger partial charge is 0.465 e. The summed E-state index contributed by atoms with van der Waals surface area (Å²) in [4.78, 5) is 25.5. The van der Waals surface area contributed by atoms with Crippen molar-refractivity contribution in [2.24, 2.45) is 7.05 Å². The quantitative estimate of drug-likeness (QED) is 0.403. The number of aromatic nitrogens is 3. The summed E-state index contributed by atoms with van der Waals surface area (Å²) < 4.78 is 6.80. The summed E-state index contributed by atoms with van der Waals surface area (Å²) in [6.07, 6.45) is 1.85. The second-order valence-corrected chi connectivity index (χ2v) is 9.48. The molecule has 2 atom stereocenters. The number of hydrogen-bond donors (Lipinski definition) is 1. The minimum absolute atomic E-state index is 0.179. The average molecular weight is 457 g/mol. The molecule has 162 valence electrons. The highest BCUT2D eigenvalue weighted by atomic mass is 32.2. The molecule has 1 amide bonds. The number of hydrogen-bond acceptors (Lipinski definition) is 7. The first-order valence-corrected chi connectivity index (χ1v) is 11.9. The lowest BCUT2D eigenvalue weighted by Crippen LogP contribution is -2.16. The Labute approximate surface area is 189 Å². The van der Waals surface area contributed by atoms with Crippen LogP contribution in [-0.2, 0) is 23.0 Å². The minimum atomic E-state index is -0.450. The van der Waals surface area contributed by atoms with Crippen LogP contribution in [0.4, 0.5) is 5.00 Å². The molecule has 1 aliphatic carbocycles. The highest BCUT2D eigenvalue weighted by molar-refractivity contribution is 7.99. The molecule has 0 saturated heterocycles. The predicted octanol–water partition coefficient (Wildman–Crippen LogP) is 4.23. The molecule has 1 N–H and O–H groups in total. The number of rotatable bonds is 8. The van der Waals surface area contributed by atoms with E-state index in [1.165, 1.54) is 35.8 Å². The molecular weight excluding hydrogens is 432 g/mol. The lowest BCUT2D eigenvalue weighted by atomic mass is 10.1. The zero-order chi connectivity index (χ0) is 22.0. The van der Waals surface area contributed by atoms with E-state index in [0.717, 1.165) is 23.5 Å². The van der Waals surface area contributed by atoms with E-state index in [2.05, 4.69) is 39.8 Å². The third kappa shape index (κ3) is 4.67. The van der Waals surface area contributed by atoms with Crippen molar-refractivity contribution in [2.45, 2.75) is 36.8 Å². The van der Waals surface area contributed by atoms with Gasteiger partial charge < -0.3 is 14.6 Å². The van der Waals surface area contributed by atoms with Crippen LogP contribution in [0.5, 0.6) is 0 Å². The summed E-state index contributed by atoms with van der Waals surface area (Å²) in [5, 5.41) is 12.7. The third-order valence-electron chi connectivity index (χ3n) is 5.34. The molecule has 1 aromatic carbocycles. The van der Waals surface area contributed by atoms with Crippen LogP contribution >= 0.6 is 23.1 Å². The van der Waals surface area contributed by atoms with Gasteiger partial charge >= 0.3 is 5.97 Å². The molecule has 9 heteroatoms. The molecule has 4 rings (SSSR count). The van der Waals surface area contributed by atoms with Crippen LogP contribution in [0.2, 0.25) is 0 Å². The van der Waals surface area contributed by atoms with Crippen LogP contribution in [0.1, 0.15) is 51.8 Å². The summed E-state index contributed by atoms with van der Waals surface area (Å²) >= 11 is 2.73. The first-order chi connectivity index (χ1) is 15.0. The van der Waals surface area contributed by atoms with Gasteiger partial charge in [-0.25, -0.2) is 4.79 Å². The fourth-order valence-electron chi connectivity index (χ4n) is 3.59. The van der Waals surface area contributed by atoms with Gasteiger partial charge in [-0.15, -0.1) is 21.5 Å². The summed E-state index contributed by atoms with van der Waals surface area (Å²) in [7, 11) is 3.28. The number of carbonyl (C=O) groups is 2. The number of anilines is 1. The molecule has 1 fully saturated rings. The van der Waals surface area contributed by atoms with Crippen molar-refractivity contribution in [2.75, 3.05) is 18.2 Å². The second-order valence-electron chi connectivity index (χ2n) is 7.40. The zero-order valence-corrected chi connectivity index (χ0v) is 19.3. The second kappa shape index (κ2) is 9.23. The monoisotopic (exact) mass is 456 g/mol. The van der Waals surface area contributed by atoms with Crippen LogP contribution in [0.25, 0.3) is 0 Å². The standard InChI is InChI=1S/C22H24N4O3S2/c1-4-14-10-17(21(28)29-3)20(31-14)23-18(27)12-30-22-25-24-19(26(22)2)16-11-15(16)13-8-6-5-7-9-13/h5-10,15-16H,4,11-12H2,1-3H3,(H,23,27). The molecule has 2 unspecified atom stereocenters. The molecule has 0 spiro atoms. The molecule has 0 bridgehead atoms. The number of amides is 1. The number of ether oxygens (including phenoxy) is 1. The van der Waals surface area contributed by atoms with Gasteiger partial charge in [0.15, 0.2) is 5.16 Å². The van der Waals surface area contributed by atoms with E-state index in [1.807, 2.05) is 24.6 Å². The number of methoxy groups -OCH3 is 1. The molecule has 1 aliphatic rings. The van der Waals surface area contributed by atoms with Gasteiger partial charge in [0.2, 0.25) is 5.91 Å². The Morgan fingerprint density at radius 3 is 2.74 bits per heavy atom. The van der Waals surface area contributed by atoms with Gasteiger partial charge in [-0.2, -0.15) is 0 Å². The first kappa shape index (κ1) is 21.6. The molecule has 2 aromatic heterocycles. The van der Waals surface area contributed by atoms with Gasteiger partial charge in [0.1, 0.15) is 10.8 Å². The third-order valence-corrected chi connectivity index (χ3v) is 7.56. The van der Waals surface area contributed by atoms with E-state index < -0.39 is 5.97 Å². The van der Waals surface area contributed by atoms with Gasteiger partial charge in [0.05, 0.1) is 18.4 Å². The van der Waals surface area contributed by atoms with E-state index in [0.29, 0.717) is 27.6 Å². The van der Waals surface area contributed by atoms with Crippen LogP contribution in [0, 0.1) is 0 Å². The number of carbonyl (C=O) groups excluding carboxylic acids is 2. The summed E-state index contributed by atoms with van der Waals surface area (Å²) in [6.45, 7) is 2.00. The fourth-order valence-corrected chi connectivity index (χ4v) is 5.31. The Bertz CT molecular complexity index is 1090. The van der Waals surface area contributed by atoms with Crippen LogP contribution in [0.3, 0.4) is 0 Å². The topological polar surface area (TPSA) is 86.1 Å². The van der Waals surface area contributed by atoms with Gasteiger partial charge in [-0.05, 0) is 30.4 Å². The highest BCUT2D eigenvalue weighted by Gasteiger charge is 2.42. The number of thiophene rings is 1. The van der Waals surface area contributed by atoms with E-state index in [-0.39, 0.29) is 11.7 Å². The van der Waals surface area contributed by atoms with Crippen LogP contribution < -0.4 is 5.32 Å². The number of benzene rings is 1. The Morgan fingerprint density at radius 1 is 1.26 bits per heavy atom. The van der Waals surface area contributed by atoms with Crippen LogP contribution in [-0.4, -0.2) is 39.5 Å². The maximum absolute atomic E-state index is 12.5. The molecule has 7 nitrogen and oxygen atoms in total. The fraction of sp³-hybridized carbons (Fsp3) is 0.364. The minimum Gasteiger partial charge on any atom is -0.465 e. The lowest BCUT2D eigenvalue weighted by Gasteiger charge is -2.06. The van der Waals surface area contributed by atoms with E-state index in [9.17, 15) is 9.59 Å². The molecule has 31 heavy (non-hydrogen) atoms. The average Bonchev–Trinajstić information content (AvgIpc) is 3.34. The van der Waals surface area contributed by atoms with E-state index in [1.54, 1.807) is 6.07 Å². The normalized spacial score (nSPS) is 17.4. The van der Waals surface area contributed by atoms with E-state index in [4.69, 9.17) is 4.74 Å². The number of aryl methyl sites for hydroxylation is 1. The van der Waals surface area contributed by atoms with Crippen molar-refractivity contribution in [1.29, 1.82) is 0 Å². The molecular formula is C22H24N4O3S2. The number of nitrogens with one attached hydrogen (secondary N) is 1.